The Hall–Kier alpha value is -0.770. The summed E-state index contributed by atoms with van der Waals surface area (Å²) < 4.78 is 0. The van der Waals surface area contributed by atoms with Gasteiger partial charge in [-0.05, 0) is 30.5 Å². The molecule has 0 radical (unpaired) electrons. The van der Waals surface area contributed by atoms with E-state index in [-0.39, 0.29) is 6.10 Å². The maximum absolute atomic E-state index is 9.44. The summed E-state index contributed by atoms with van der Waals surface area (Å²) in [6, 6.07) is 5.98. The fourth-order valence-electron chi connectivity index (χ4n) is 2.02. The number of hydrogen-bond donors (Lipinski definition) is 2. The smallest absolute Gasteiger partial charge is 0.0574 e. The molecule has 1 heterocycles. The van der Waals surface area contributed by atoms with Crippen molar-refractivity contribution in [2.45, 2.75) is 25.5 Å². The molecule has 2 rings (SSSR count). The first kappa shape index (κ1) is 11.7. The molecule has 0 bridgehead atoms. The second-order valence-electron chi connectivity index (χ2n) is 4.20. The lowest BCUT2D eigenvalue weighted by atomic mass is 10.1. The summed E-state index contributed by atoms with van der Waals surface area (Å²) >= 11 is 6.12. The highest BCUT2D eigenvalue weighted by Gasteiger charge is 2.17. The molecule has 0 aliphatic carbocycles. The summed E-state index contributed by atoms with van der Waals surface area (Å²) in [4.78, 5) is 2.25. The quantitative estimate of drug-likeness (QED) is 0.828. The molecule has 0 unspecified atom stereocenters. The predicted octanol–water partition coefficient (Wildman–Crippen LogP) is 1.76. The van der Waals surface area contributed by atoms with E-state index in [1.807, 2.05) is 18.2 Å². The van der Waals surface area contributed by atoms with Gasteiger partial charge in [0.15, 0.2) is 0 Å². The van der Waals surface area contributed by atoms with Crippen LogP contribution >= 0.6 is 11.6 Å². The van der Waals surface area contributed by atoms with Crippen LogP contribution in [-0.2, 0) is 6.54 Å². The third-order valence-corrected chi connectivity index (χ3v) is 3.44. The fraction of sp³-hybridized carbons (Fsp3) is 0.500. The van der Waals surface area contributed by atoms with Gasteiger partial charge < -0.3 is 15.7 Å². The number of nitrogens with zero attached hydrogens (tertiary/aromatic N) is 1. The molecule has 0 spiro atoms. The van der Waals surface area contributed by atoms with Crippen LogP contribution in [0.1, 0.15) is 18.4 Å². The van der Waals surface area contributed by atoms with Gasteiger partial charge in [0.2, 0.25) is 0 Å². The Morgan fingerprint density at radius 2 is 2.06 bits per heavy atom. The monoisotopic (exact) mass is 240 g/mol. The largest absolute Gasteiger partial charge is 0.393 e. The van der Waals surface area contributed by atoms with Crippen molar-refractivity contribution >= 4 is 17.3 Å². The summed E-state index contributed by atoms with van der Waals surface area (Å²) in [5.74, 6) is 0. The lowest BCUT2D eigenvalue weighted by Crippen LogP contribution is -2.35. The minimum Gasteiger partial charge on any atom is -0.393 e. The van der Waals surface area contributed by atoms with Crippen molar-refractivity contribution in [1.82, 2.24) is 0 Å². The normalized spacial score (nSPS) is 17.8. The molecule has 1 aliphatic heterocycles. The maximum atomic E-state index is 9.44. The van der Waals surface area contributed by atoms with Crippen molar-refractivity contribution in [2.24, 2.45) is 5.73 Å². The summed E-state index contributed by atoms with van der Waals surface area (Å²) in [5.41, 5.74) is 7.66. The van der Waals surface area contributed by atoms with E-state index in [2.05, 4.69) is 4.90 Å². The van der Waals surface area contributed by atoms with Gasteiger partial charge in [-0.1, -0.05) is 17.7 Å². The third-order valence-electron chi connectivity index (χ3n) is 3.09. The van der Waals surface area contributed by atoms with Crippen molar-refractivity contribution < 1.29 is 5.11 Å². The Bertz CT molecular complexity index is 362. The Labute approximate surface area is 101 Å². The third kappa shape index (κ3) is 2.48. The Balaban J connectivity index is 2.12. The standard InChI is InChI=1S/C12H17ClN2O/c13-12-7-10(2-1-9(12)8-14)15-5-3-11(16)4-6-15/h1-2,7,11,16H,3-6,8,14H2. The number of rotatable bonds is 2. The minimum atomic E-state index is -0.143. The van der Waals surface area contributed by atoms with Gasteiger partial charge in [-0.2, -0.15) is 0 Å². The highest BCUT2D eigenvalue weighted by atomic mass is 35.5. The molecular weight excluding hydrogens is 224 g/mol. The molecule has 3 nitrogen and oxygen atoms in total. The van der Waals surface area contributed by atoms with Crippen molar-refractivity contribution in [2.75, 3.05) is 18.0 Å². The van der Waals surface area contributed by atoms with E-state index in [4.69, 9.17) is 17.3 Å². The molecule has 0 amide bonds. The highest BCUT2D eigenvalue weighted by molar-refractivity contribution is 6.31. The number of halogens is 1. The molecule has 4 heteroatoms. The second-order valence-corrected chi connectivity index (χ2v) is 4.61. The van der Waals surface area contributed by atoms with Crippen LogP contribution in [0, 0.1) is 0 Å². The van der Waals surface area contributed by atoms with Crippen LogP contribution in [-0.4, -0.2) is 24.3 Å². The molecule has 0 saturated carbocycles. The molecule has 16 heavy (non-hydrogen) atoms. The lowest BCUT2D eigenvalue weighted by molar-refractivity contribution is 0.145. The summed E-state index contributed by atoms with van der Waals surface area (Å²) in [5, 5.41) is 10.2. The van der Waals surface area contributed by atoms with Gasteiger partial charge in [-0.15, -0.1) is 0 Å². The van der Waals surface area contributed by atoms with E-state index in [0.29, 0.717) is 6.54 Å². The van der Waals surface area contributed by atoms with Crippen LogP contribution in [0.2, 0.25) is 5.02 Å². The molecule has 3 N–H and O–H groups in total. The highest BCUT2D eigenvalue weighted by Crippen LogP contribution is 2.25. The molecular formula is C12H17ClN2O. The Morgan fingerprint density at radius 1 is 1.38 bits per heavy atom. The number of aliphatic hydroxyl groups excluding tert-OH is 1. The van der Waals surface area contributed by atoms with Crippen LogP contribution < -0.4 is 10.6 Å². The first-order chi connectivity index (χ1) is 7.70. The van der Waals surface area contributed by atoms with Crippen molar-refractivity contribution in [3.63, 3.8) is 0 Å². The van der Waals surface area contributed by atoms with Crippen LogP contribution in [0.25, 0.3) is 0 Å². The summed E-state index contributed by atoms with van der Waals surface area (Å²) in [6.07, 6.45) is 1.52. The van der Waals surface area contributed by atoms with Crippen LogP contribution in [0.4, 0.5) is 5.69 Å². The van der Waals surface area contributed by atoms with Gasteiger partial charge in [0.1, 0.15) is 0 Å². The minimum absolute atomic E-state index is 0.143. The van der Waals surface area contributed by atoms with Crippen molar-refractivity contribution in [1.29, 1.82) is 0 Å². The van der Waals surface area contributed by atoms with E-state index in [1.165, 1.54) is 0 Å². The van der Waals surface area contributed by atoms with Gasteiger partial charge in [0.25, 0.3) is 0 Å². The van der Waals surface area contributed by atoms with Gasteiger partial charge in [0.05, 0.1) is 6.10 Å². The number of nitrogens with two attached hydrogens (primary N) is 1. The average Bonchev–Trinajstić information content (AvgIpc) is 2.30. The summed E-state index contributed by atoms with van der Waals surface area (Å²) in [7, 11) is 0. The topological polar surface area (TPSA) is 49.5 Å². The average molecular weight is 241 g/mol. The number of piperidine rings is 1. The lowest BCUT2D eigenvalue weighted by Gasteiger charge is -2.31. The van der Waals surface area contributed by atoms with E-state index < -0.39 is 0 Å². The number of benzene rings is 1. The van der Waals surface area contributed by atoms with Crippen LogP contribution in [0.15, 0.2) is 18.2 Å². The molecule has 1 saturated heterocycles. The molecule has 0 aromatic heterocycles. The van der Waals surface area contributed by atoms with E-state index in [1.54, 1.807) is 0 Å². The zero-order valence-corrected chi connectivity index (χ0v) is 9.95. The van der Waals surface area contributed by atoms with Crippen LogP contribution in [0.5, 0.6) is 0 Å². The number of hydrogen-bond acceptors (Lipinski definition) is 3. The molecule has 0 atom stereocenters. The fourth-order valence-corrected chi connectivity index (χ4v) is 2.27. The Kier molecular flexibility index (Phi) is 3.69. The van der Waals surface area contributed by atoms with Gasteiger partial charge in [-0.25, -0.2) is 0 Å². The zero-order valence-electron chi connectivity index (χ0n) is 9.19. The first-order valence-corrected chi connectivity index (χ1v) is 6.00. The predicted molar refractivity (Wildman–Crippen MR) is 66.8 cm³/mol. The number of aliphatic hydroxyl groups is 1. The number of anilines is 1. The zero-order chi connectivity index (χ0) is 11.5. The van der Waals surface area contributed by atoms with Gasteiger partial charge >= 0.3 is 0 Å². The molecule has 88 valence electrons. The maximum Gasteiger partial charge on any atom is 0.0574 e. The van der Waals surface area contributed by atoms with E-state index in [0.717, 1.165) is 42.2 Å². The van der Waals surface area contributed by atoms with Gasteiger partial charge in [0, 0.05) is 30.3 Å². The van der Waals surface area contributed by atoms with E-state index >= 15 is 0 Å². The van der Waals surface area contributed by atoms with Crippen LogP contribution in [0.3, 0.4) is 0 Å². The first-order valence-electron chi connectivity index (χ1n) is 5.62. The molecule has 1 aromatic carbocycles. The molecule has 1 fully saturated rings. The summed E-state index contributed by atoms with van der Waals surface area (Å²) in [6.45, 7) is 2.25. The molecule has 1 aliphatic rings. The van der Waals surface area contributed by atoms with Gasteiger partial charge in [-0.3, -0.25) is 0 Å². The SMILES string of the molecule is NCc1ccc(N2CCC(O)CC2)cc1Cl. The van der Waals surface area contributed by atoms with Crippen molar-refractivity contribution in [3.8, 4) is 0 Å². The van der Waals surface area contributed by atoms with E-state index in [9.17, 15) is 5.11 Å². The second kappa shape index (κ2) is 5.04. The molecule has 1 aromatic rings. The Morgan fingerprint density at radius 3 is 2.62 bits per heavy atom. The van der Waals surface area contributed by atoms with Crippen molar-refractivity contribution in [3.05, 3.63) is 28.8 Å².